The van der Waals surface area contributed by atoms with Gasteiger partial charge in [0.05, 0.1) is 17.4 Å². The Balaban J connectivity index is 1.31. The Bertz CT molecular complexity index is 720. The number of benzene rings is 1. The molecule has 1 saturated heterocycles. The molecule has 0 radical (unpaired) electrons. The van der Waals surface area contributed by atoms with Gasteiger partial charge in [0.2, 0.25) is 0 Å². The van der Waals surface area contributed by atoms with Gasteiger partial charge in [-0.15, -0.1) is 0 Å². The van der Waals surface area contributed by atoms with E-state index in [1.54, 1.807) is 0 Å². The Morgan fingerprint density at radius 2 is 1.43 bits per heavy atom. The molecule has 5 heteroatoms. The summed E-state index contributed by atoms with van der Waals surface area (Å²) < 4.78 is 2.30. The maximum atomic E-state index is 4.51. The lowest BCUT2D eigenvalue weighted by Gasteiger charge is -2.35. The summed E-state index contributed by atoms with van der Waals surface area (Å²) in [7, 11) is 0. The molecule has 0 N–H and O–H groups in total. The Kier molecular flexibility index (Phi) is 9.16. The molecule has 1 aliphatic rings. The van der Waals surface area contributed by atoms with Gasteiger partial charge in [-0.1, -0.05) is 39.8 Å². The summed E-state index contributed by atoms with van der Waals surface area (Å²) in [6.45, 7) is 21.4. The van der Waals surface area contributed by atoms with Crippen LogP contribution in [-0.2, 0) is 6.54 Å². The fourth-order valence-electron chi connectivity index (χ4n) is 4.70. The Morgan fingerprint density at radius 1 is 0.833 bits per heavy atom. The monoisotopic (exact) mass is 413 g/mol. The van der Waals surface area contributed by atoms with Crippen molar-refractivity contribution >= 4 is 11.0 Å². The van der Waals surface area contributed by atoms with E-state index in [4.69, 9.17) is 0 Å². The first-order valence-corrected chi connectivity index (χ1v) is 12.1. The molecule has 0 amide bonds. The normalized spacial score (nSPS) is 16.5. The van der Waals surface area contributed by atoms with E-state index >= 15 is 0 Å². The van der Waals surface area contributed by atoms with E-state index in [-0.39, 0.29) is 0 Å². The van der Waals surface area contributed by atoms with Gasteiger partial charge in [-0.3, -0.25) is 0 Å². The Labute approximate surface area is 184 Å². The Morgan fingerprint density at radius 3 is 2.07 bits per heavy atom. The number of hydrogen-bond acceptors (Lipinski definition) is 4. The van der Waals surface area contributed by atoms with Gasteiger partial charge in [0.15, 0.2) is 0 Å². The fourth-order valence-corrected chi connectivity index (χ4v) is 4.70. The molecule has 1 fully saturated rings. The fraction of sp³-hybridized carbons (Fsp3) is 0.720. The minimum atomic E-state index is 0.757. The SMILES string of the molecule is CC(C)CN(CCCN1CCN(CCCn2cnc3ccccc32)CC1)CC(C)C. The molecule has 0 saturated carbocycles. The van der Waals surface area contributed by atoms with Gasteiger partial charge in [-0.05, 0) is 56.4 Å². The van der Waals surface area contributed by atoms with Crippen molar-refractivity contribution < 1.29 is 0 Å². The number of rotatable bonds is 12. The van der Waals surface area contributed by atoms with Gasteiger partial charge >= 0.3 is 0 Å². The van der Waals surface area contributed by atoms with Crippen molar-refractivity contribution in [3.8, 4) is 0 Å². The second-order valence-corrected chi connectivity index (χ2v) is 9.86. The molecule has 1 aliphatic heterocycles. The Hall–Kier alpha value is -1.43. The van der Waals surface area contributed by atoms with E-state index < -0.39 is 0 Å². The molecule has 5 nitrogen and oxygen atoms in total. The second-order valence-electron chi connectivity index (χ2n) is 9.86. The quantitative estimate of drug-likeness (QED) is 0.525. The maximum Gasteiger partial charge on any atom is 0.0958 e. The summed E-state index contributed by atoms with van der Waals surface area (Å²) in [6.07, 6.45) is 4.48. The van der Waals surface area contributed by atoms with Gasteiger partial charge in [0.25, 0.3) is 0 Å². The maximum absolute atomic E-state index is 4.51. The number of piperazine rings is 1. The number of fused-ring (bicyclic) bond motifs is 1. The van der Waals surface area contributed by atoms with Crippen molar-refractivity contribution in [2.24, 2.45) is 11.8 Å². The molecule has 168 valence electrons. The molecular weight excluding hydrogens is 370 g/mol. The molecule has 1 aromatic heterocycles. The molecule has 0 aliphatic carbocycles. The van der Waals surface area contributed by atoms with Crippen LogP contribution in [0.3, 0.4) is 0 Å². The molecule has 0 bridgehead atoms. The van der Waals surface area contributed by atoms with E-state index in [1.165, 1.54) is 77.3 Å². The van der Waals surface area contributed by atoms with E-state index in [9.17, 15) is 0 Å². The number of imidazole rings is 1. The van der Waals surface area contributed by atoms with Crippen molar-refractivity contribution in [2.75, 3.05) is 58.9 Å². The van der Waals surface area contributed by atoms with Crippen LogP contribution in [0.2, 0.25) is 0 Å². The summed E-state index contributed by atoms with van der Waals surface area (Å²) in [5.41, 5.74) is 2.36. The lowest BCUT2D eigenvalue weighted by Crippen LogP contribution is -2.47. The highest BCUT2D eigenvalue weighted by molar-refractivity contribution is 5.74. The van der Waals surface area contributed by atoms with E-state index in [0.29, 0.717) is 0 Å². The largest absolute Gasteiger partial charge is 0.331 e. The molecule has 30 heavy (non-hydrogen) atoms. The van der Waals surface area contributed by atoms with Crippen LogP contribution >= 0.6 is 0 Å². The number of aryl methyl sites for hydroxylation is 1. The zero-order valence-corrected chi connectivity index (χ0v) is 19.8. The van der Waals surface area contributed by atoms with E-state index in [0.717, 1.165) is 23.9 Å². The van der Waals surface area contributed by atoms with Crippen LogP contribution in [0.25, 0.3) is 11.0 Å². The number of hydrogen-bond donors (Lipinski definition) is 0. The smallest absolute Gasteiger partial charge is 0.0958 e. The molecule has 0 atom stereocenters. The topological polar surface area (TPSA) is 27.5 Å². The third-order valence-electron chi connectivity index (χ3n) is 6.06. The van der Waals surface area contributed by atoms with Crippen molar-refractivity contribution in [1.82, 2.24) is 24.3 Å². The lowest BCUT2D eigenvalue weighted by atomic mass is 10.1. The number of para-hydroxylation sites is 2. The van der Waals surface area contributed by atoms with Crippen molar-refractivity contribution in [1.29, 1.82) is 0 Å². The lowest BCUT2D eigenvalue weighted by molar-refractivity contribution is 0.122. The summed E-state index contributed by atoms with van der Waals surface area (Å²) >= 11 is 0. The molecule has 2 aromatic rings. The van der Waals surface area contributed by atoms with Gasteiger partial charge in [-0.2, -0.15) is 0 Å². The minimum absolute atomic E-state index is 0.757. The predicted molar refractivity (Wildman–Crippen MR) is 128 cm³/mol. The second kappa shape index (κ2) is 11.8. The zero-order chi connectivity index (χ0) is 21.3. The first-order chi connectivity index (χ1) is 14.5. The van der Waals surface area contributed by atoms with Crippen LogP contribution in [0.1, 0.15) is 40.5 Å². The minimum Gasteiger partial charge on any atom is -0.331 e. The third kappa shape index (κ3) is 7.36. The predicted octanol–water partition coefficient (Wildman–Crippen LogP) is 4.05. The van der Waals surface area contributed by atoms with Crippen LogP contribution in [0, 0.1) is 11.8 Å². The average Bonchev–Trinajstić information content (AvgIpc) is 3.11. The third-order valence-corrected chi connectivity index (χ3v) is 6.06. The summed E-state index contributed by atoms with van der Waals surface area (Å²) in [5.74, 6) is 1.51. The molecule has 3 rings (SSSR count). The molecule has 2 heterocycles. The molecular formula is C25H43N5. The van der Waals surface area contributed by atoms with E-state index in [2.05, 4.69) is 76.2 Å². The summed E-state index contributed by atoms with van der Waals surface area (Å²) in [6, 6.07) is 8.43. The van der Waals surface area contributed by atoms with Crippen molar-refractivity contribution in [2.45, 2.75) is 47.1 Å². The zero-order valence-electron chi connectivity index (χ0n) is 19.8. The first-order valence-electron chi connectivity index (χ1n) is 12.1. The van der Waals surface area contributed by atoms with Crippen molar-refractivity contribution in [3.63, 3.8) is 0 Å². The summed E-state index contributed by atoms with van der Waals surface area (Å²) in [4.78, 5) is 12.5. The highest BCUT2D eigenvalue weighted by Crippen LogP contribution is 2.13. The van der Waals surface area contributed by atoms with Crippen LogP contribution in [-0.4, -0.2) is 83.2 Å². The van der Waals surface area contributed by atoms with Crippen LogP contribution in [0.4, 0.5) is 0 Å². The average molecular weight is 414 g/mol. The standard InChI is InChI=1S/C25H43N5/c1-22(2)19-29(20-23(3)4)13-7-11-27-15-17-28(18-16-27)12-8-14-30-21-26-24-9-5-6-10-25(24)30/h5-6,9-10,21-23H,7-8,11-20H2,1-4H3. The first kappa shape index (κ1) is 23.2. The highest BCUT2D eigenvalue weighted by Gasteiger charge is 2.17. The van der Waals surface area contributed by atoms with Crippen LogP contribution < -0.4 is 0 Å². The number of aromatic nitrogens is 2. The molecule has 0 spiro atoms. The number of nitrogens with zero attached hydrogens (tertiary/aromatic N) is 5. The van der Waals surface area contributed by atoms with Gasteiger partial charge in [0.1, 0.15) is 0 Å². The highest BCUT2D eigenvalue weighted by atomic mass is 15.3. The van der Waals surface area contributed by atoms with Gasteiger partial charge in [0, 0.05) is 45.8 Å². The van der Waals surface area contributed by atoms with E-state index in [1.807, 2.05) is 6.33 Å². The van der Waals surface area contributed by atoms with Crippen LogP contribution in [0.5, 0.6) is 0 Å². The van der Waals surface area contributed by atoms with Crippen molar-refractivity contribution in [3.05, 3.63) is 30.6 Å². The summed E-state index contributed by atoms with van der Waals surface area (Å²) in [5, 5.41) is 0. The molecule has 0 unspecified atom stereocenters. The molecule has 1 aromatic carbocycles. The van der Waals surface area contributed by atoms with Gasteiger partial charge < -0.3 is 19.3 Å². The van der Waals surface area contributed by atoms with Crippen LogP contribution in [0.15, 0.2) is 30.6 Å². The van der Waals surface area contributed by atoms with Gasteiger partial charge in [-0.25, -0.2) is 4.98 Å².